The molecular formula is C14H14Cl2N2O2. The fraction of sp³-hybridized carbons (Fsp3) is 0.357. The van der Waals surface area contributed by atoms with E-state index >= 15 is 0 Å². The van der Waals surface area contributed by atoms with Crippen molar-refractivity contribution in [3.8, 4) is 0 Å². The van der Waals surface area contributed by atoms with Crippen molar-refractivity contribution in [1.29, 1.82) is 0 Å². The minimum Gasteiger partial charge on any atom is -0.383 e. The average molecular weight is 313 g/mol. The third-order valence-corrected chi connectivity index (χ3v) is 4.07. The van der Waals surface area contributed by atoms with Crippen molar-refractivity contribution < 1.29 is 4.52 Å². The van der Waals surface area contributed by atoms with Crippen LogP contribution in [0.1, 0.15) is 36.1 Å². The molecule has 3 rings (SSSR count). The van der Waals surface area contributed by atoms with Crippen molar-refractivity contribution >= 4 is 23.2 Å². The van der Waals surface area contributed by atoms with Crippen LogP contribution in [-0.2, 0) is 0 Å². The van der Waals surface area contributed by atoms with Crippen molar-refractivity contribution in [2.24, 2.45) is 0 Å². The van der Waals surface area contributed by atoms with Crippen LogP contribution in [0.3, 0.4) is 0 Å². The van der Waals surface area contributed by atoms with Crippen LogP contribution in [0.25, 0.3) is 0 Å². The minimum absolute atomic E-state index is 0.158. The molecular weight excluding hydrogens is 299 g/mol. The molecule has 6 heteroatoms. The summed E-state index contributed by atoms with van der Waals surface area (Å²) in [4.78, 5) is 11.2. The lowest BCUT2D eigenvalue weighted by molar-refractivity contribution is 0.295. The highest BCUT2D eigenvalue weighted by atomic mass is 35.5. The summed E-state index contributed by atoms with van der Waals surface area (Å²) in [5.74, 6) is 0.938. The van der Waals surface area contributed by atoms with E-state index in [0.29, 0.717) is 10.0 Å². The second-order valence-electron chi connectivity index (χ2n) is 5.05. The highest BCUT2D eigenvalue weighted by Gasteiger charge is 2.26. The number of halogens is 2. The minimum atomic E-state index is -0.194. The zero-order valence-corrected chi connectivity index (χ0v) is 12.2. The molecule has 20 heavy (non-hydrogen) atoms. The average Bonchev–Trinajstić information content (AvgIpc) is 2.85. The van der Waals surface area contributed by atoms with Gasteiger partial charge in [-0.2, -0.15) is 5.16 Å². The van der Waals surface area contributed by atoms with Crippen molar-refractivity contribution in [2.45, 2.75) is 24.8 Å². The molecule has 0 bridgehead atoms. The lowest BCUT2D eigenvalue weighted by atomic mass is 9.87. The zero-order chi connectivity index (χ0) is 14.1. The van der Waals surface area contributed by atoms with E-state index in [0.717, 1.165) is 30.7 Å². The molecule has 0 unspecified atom stereocenters. The van der Waals surface area contributed by atoms with E-state index in [-0.39, 0.29) is 17.5 Å². The summed E-state index contributed by atoms with van der Waals surface area (Å²) in [5, 5.41) is 7.05. The SMILES string of the molecule is O=c1cc([C@@H]2CCN[C@@H](c3cc(Cl)cc(Cl)c3)C2)o[nH]1. The number of hydrogen-bond acceptors (Lipinski definition) is 3. The van der Waals surface area contributed by atoms with Gasteiger partial charge in [0.05, 0.1) is 0 Å². The van der Waals surface area contributed by atoms with Gasteiger partial charge < -0.3 is 9.84 Å². The summed E-state index contributed by atoms with van der Waals surface area (Å²) < 4.78 is 5.22. The number of rotatable bonds is 2. The van der Waals surface area contributed by atoms with E-state index in [4.69, 9.17) is 27.7 Å². The van der Waals surface area contributed by atoms with Crippen LogP contribution in [0.4, 0.5) is 0 Å². The van der Waals surface area contributed by atoms with Gasteiger partial charge in [-0.05, 0) is 43.1 Å². The van der Waals surface area contributed by atoms with Gasteiger partial charge in [-0.15, -0.1) is 0 Å². The van der Waals surface area contributed by atoms with Gasteiger partial charge in [0, 0.05) is 28.1 Å². The van der Waals surface area contributed by atoms with Crippen molar-refractivity contribution in [3.05, 3.63) is 56.0 Å². The van der Waals surface area contributed by atoms with E-state index < -0.39 is 0 Å². The first-order valence-electron chi connectivity index (χ1n) is 6.49. The summed E-state index contributed by atoms with van der Waals surface area (Å²) in [6, 6.07) is 7.24. The topological polar surface area (TPSA) is 58.0 Å². The van der Waals surface area contributed by atoms with Gasteiger partial charge in [0.2, 0.25) is 0 Å². The first kappa shape index (κ1) is 13.7. The predicted molar refractivity (Wildman–Crippen MR) is 78.5 cm³/mol. The standard InChI is InChI=1S/C14H14Cl2N2O2/c15-10-3-9(4-11(16)6-10)12-5-8(1-2-17-12)13-7-14(19)18-20-13/h3-4,6-8,12,17H,1-2,5H2,(H,18,19)/t8-,12-/m1/s1. The van der Waals surface area contributed by atoms with E-state index in [1.54, 1.807) is 6.07 Å². The molecule has 106 valence electrons. The molecule has 1 saturated heterocycles. The maximum absolute atomic E-state index is 11.2. The van der Waals surface area contributed by atoms with Crippen LogP contribution < -0.4 is 10.9 Å². The number of aromatic amines is 1. The molecule has 1 aromatic heterocycles. The monoisotopic (exact) mass is 312 g/mol. The first-order chi connectivity index (χ1) is 9.61. The van der Waals surface area contributed by atoms with Crippen LogP contribution >= 0.6 is 23.2 Å². The number of hydrogen-bond donors (Lipinski definition) is 2. The van der Waals surface area contributed by atoms with Crippen LogP contribution in [0.5, 0.6) is 0 Å². The molecule has 2 atom stereocenters. The normalized spacial score (nSPS) is 22.9. The molecule has 1 fully saturated rings. The Balaban J connectivity index is 1.82. The Morgan fingerprint density at radius 3 is 2.55 bits per heavy atom. The predicted octanol–water partition coefficient (Wildman–Crippen LogP) is 3.48. The molecule has 4 nitrogen and oxygen atoms in total. The Morgan fingerprint density at radius 2 is 1.90 bits per heavy atom. The third kappa shape index (κ3) is 2.92. The molecule has 2 heterocycles. The Hall–Kier alpha value is -1.23. The molecule has 2 N–H and O–H groups in total. The number of nitrogens with one attached hydrogen (secondary N) is 2. The maximum atomic E-state index is 11.2. The summed E-state index contributed by atoms with van der Waals surface area (Å²) >= 11 is 12.1. The van der Waals surface area contributed by atoms with Crippen molar-refractivity contribution in [3.63, 3.8) is 0 Å². The zero-order valence-electron chi connectivity index (χ0n) is 10.7. The number of benzene rings is 1. The molecule has 0 amide bonds. The van der Waals surface area contributed by atoms with Crippen LogP contribution in [0.15, 0.2) is 33.6 Å². The van der Waals surface area contributed by atoms with Gasteiger partial charge in [-0.25, -0.2) is 0 Å². The highest BCUT2D eigenvalue weighted by Crippen LogP contribution is 2.35. The molecule has 1 aliphatic rings. The summed E-state index contributed by atoms with van der Waals surface area (Å²) in [7, 11) is 0. The van der Waals surface area contributed by atoms with Gasteiger partial charge in [-0.3, -0.25) is 4.79 Å². The molecule has 2 aromatic rings. The van der Waals surface area contributed by atoms with Gasteiger partial charge in [0.1, 0.15) is 5.76 Å². The number of H-pyrrole nitrogens is 1. The van der Waals surface area contributed by atoms with Gasteiger partial charge >= 0.3 is 0 Å². The highest BCUT2D eigenvalue weighted by molar-refractivity contribution is 6.34. The Bertz CT molecular complexity index is 645. The van der Waals surface area contributed by atoms with Crippen LogP contribution in [-0.4, -0.2) is 11.7 Å². The quantitative estimate of drug-likeness (QED) is 0.892. The Labute approximate surface area is 126 Å². The molecule has 0 spiro atoms. The molecule has 1 aliphatic heterocycles. The second-order valence-corrected chi connectivity index (χ2v) is 5.92. The van der Waals surface area contributed by atoms with E-state index in [1.807, 2.05) is 12.1 Å². The van der Waals surface area contributed by atoms with E-state index in [1.165, 1.54) is 6.07 Å². The van der Waals surface area contributed by atoms with Crippen molar-refractivity contribution in [2.75, 3.05) is 6.54 Å². The third-order valence-electron chi connectivity index (χ3n) is 3.64. The molecule has 1 aromatic carbocycles. The first-order valence-corrected chi connectivity index (χ1v) is 7.25. The number of piperidine rings is 1. The summed E-state index contributed by atoms with van der Waals surface area (Å²) in [5.41, 5.74) is 0.867. The molecule has 0 radical (unpaired) electrons. The fourth-order valence-electron chi connectivity index (χ4n) is 2.70. The van der Waals surface area contributed by atoms with Crippen molar-refractivity contribution in [1.82, 2.24) is 10.5 Å². The van der Waals surface area contributed by atoms with Crippen LogP contribution in [0.2, 0.25) is 10.0 Å². The second kappa shape index (κ2) is 5.64. The Kier molecular flexibility index (Phi) is 3.87. The maximum Gasteiger partial charge on any atom is 0.280 e. The van der Waals surface area contributed by atoms with Gasteiger partial charge in [0.15, 0.2) is 0 Å². The largest absolute Gasteiger partial charge is 0.383 e. The fourth-order valence-corrected chi connectivity index (χ4v) is 3.25. The summed E-state index contributed by atoms with van der Waals surface area (Å²) in [6.45, 7) is 0.856. The smallest absolute Gasteiger partial charge is 0.280 e. The van der Waals surface area contributed by atoms with Gasteiger partial charge in [-0.1, -0.05) is 23.2 Å². The van der Waals surface area contributed by atoms with Gasteiger partial charge in [0.25, 0.3) is 5.56 Å². The number of aromatic nitrogens is 1. The lowest BCUT2D eigenvalue weighted by Crippen LogP contribution is -2.30. The Morgan fingerprint density at radius 1 is 1.15 bits per heavy atom. The molecule has 0 saturated carbocycles. The molecule has 0 aliphatic carbocycles. The van der Waals surface area contributed by atoms with E-state index in [2.05, 4.69) is 10.5 Å². The summed E-state index contributed by atoms with van der Waals surface area (Å²) in [6.07, 6.45) is 1.78. The van der Waals surface area contributed by atoms with Crippen LogP contribution in [0, 0.1) is 0 Å². The van der Waals surface area contributed by atoms with E-state index in [9.17, 15) is 4.79 Å². The lowest BCUT2D eigenvalue weighted by Gasteiger charge is -2.29.